The number of aryl methyl sites for hydroxylation is 1. The highest BCUT2D eigenvalue weighted by Gasteiger charge is 2.16. The molecule has 3 rings (SSSR count). The van der Waals surface area contributed by atoms with E-state index in [0.29, 0.717) is 0 Å². The molecule has 0 amide bonds. The summed E-state index contributed by atoms with van der Waals surface area (Å²) in [6, 6.07) is 8.18. The number of nitrogens with zero attached hydrogens (tertiary/aromatic N) is 1. The van der Waals surface area contributed by atoms with Gasteiger partial charge in [-0.1, -0.05) is 18.2 Å². The molecule has 0 saturated carbocycles. The number of H-pyrrole nitrogens is 1. The third-order valence-electron chi connectivity index (χ3n) is 2.98. The van der Waals surface area contributed by atoms with Gasteiger partial charge in [0.2, 0.25) is 0 Å². The fourth-order valence-corrected chi connectivity index (χ4v) is 2.94. The maximum atomic E-state index is 5.88. The van der Waals surface area contributed by atoms with Gasteiger partial charge in [0.25, 0.3) is 0 Å². The molecule has 3 aromatic rings. The third-order valence-corrected chi connectivity index (χ3v) is 4.13. The van der Waals surface area contributed by atoms with E-state index in [1.807, 2.05) is 18.3 Å². The van der Waals surface area contributed by atoms with Crippen LogP contribution in [0.25, 0.3) is 22.2 Å². The average Bonchev–Trinajstić information content (AvgIpc) is 2.99. The molecule has 2 heterocycles. The molecular formula is C14H13BrN2OS. The lowest BCUT2D eigenvalue weighted by atomic mass is 10.1. The van der Waals surface area contributed by atoms with Crippen LogP contribution >= 0.6 is 27.7 Å². The number of hydrogen-bond donors (Lipinski definition) is 1. The second-order valence-corrected chi connectivity index (χ2v) is 5.96. The van der Waals surface area contributed by atoms with Crippen LogP contribution in [0.2, 0.25) is 0 Å². The minimum atomic E-state index is 0.772. The van der Waals surface area contributed by atoms with Crippen LogP contribution in [0.3, 0.4) is 0 Å². The van der Waals surface area contributed by atoms with Crippen molar-refractivity contribution in [2.45, 2.75) is 6.42 Å². The Morgan fingerprint density at radius 2 is 2.21 bits per heavy atom. The monoisotopic (exact) mass is 336 g/mol. The summed E-state index contributed by atoms with van der Waals surface area (Å²) in [7, 11) is 0. The molecule has 0 aliphatic heterocycles. The van der Waals surface area contributed by atoms with E-state index in [4.69, 9.17) is 4.42 Å². The summed E-state index contributed by atoms with van der Waals surface area (Å²) in [5, 5.41) is 1.15. The molecule has 0 aliphatic carbocycles. The summed E-state index contributed by atoms with van der Waals surface area (Å²) >= 11 is 5.28. The minimum absolute atomic E-state index is 0.772. The number of para-hydroxylation sites is 1. The summed E-state index contributed by atoms with van der Waals surface area (Å²) in [6.07, 6.45) is 4.90. The molecular weight excluding hydrogens is 324 g/mol. The fourth-order valence-electron chi connectivity index (χ4n) is 2.06. The normalized spacial score (nSPS) is 11.3. The van der Waals surface area contributed by atoms with Gasteiger partial charge in [0.05, 0.1) is 0 Å². The highest BCUT2D eigenvalue weighted by atomic mass is 79.9. The van der Waals surface area contributed by atoms with Gasteiger partial charge in [-0.2, -0.15) is 11.8 Å². The molecule has 19 heavy (non-hydrogen) atoms. The maximum absolute atomic E-state index is 5.88. The number of halogens is 1. The summed E-state index contributed by atoms with van der Waals surface area (Å²) < 4.78 is 6.65. The summed E-state index contributed by atoms with van der Waals surface area (Å²) in [5.74, 6) is 2.59. The number of fused-ring (bicyclic) bond motifs is 1. The lowest BCUT2D eigenvalue weighted by molar-refractivity contribution is 0.515. The van der Waals surface area contributed by atoms with E-state index in [2.05, 4.69) is 44.3 Å². The number of nitrogens with one attached hydrogen (secondary N) is 1. The van der Waals surface area contributed by atoms with Crippen LogP contribution in [-0.2, 0) is 6.42 Å². The zero-order valence-electron chi connectivity index (χ0n) is 10.4. The molecule has 2 aromatic heterocycles. The fraction of sp³-hybridized carbons (Fsp3) is 0.214. The van der Waals surface area contributed by atoms with E-state index in [-0.39, 0.29) is 0 Å². The topological polar surface area (TPSA) is 41.8 Å². The van der Waals surface area contributed by atoms with Gasteiger partial charge in [0.1, 0.15) is 0 Å². The Labute approximate surface area is 123 Å². The summed E-state index contributed by atoms with van der Waals surface area (Å²) in [6.45, 7) is 0. The van der Waals surface area contributed by atoms with Crippen molar-refractivity contribution in [1.29, 1.82) is 0 Å². The minimum Gasteiger partial charge on any atom is -0.439 e. The van der Waals surface area contributed by atoms with Crippen LogP contribution in [0, 0.1) is 0 Å². The Hall–Kier alpha value is -1.20. The van der Waals surface area contributed by atoms with Crippen LogP contribution in [0.5, 0.6) is 0 Å². The van der Waals surface area contributed by atoms with Crippen LogP contribution in [-0.4, -0.2) is 22.0 Å². The predicted octanol–water partition coefficient (Wildman–Crippen LogP) is 4.49. The Kier molecular flexibility index (Phi) is 3.66. The third kappa shape index (κ3) is 2.44. The van der Waals surface area contributed by atoms with Gasteiger partial charge in [-0.25, -0.2) is 4.98 Å². The van der Waals surface area contributed by atoms with Crippen LogP contribution < -0.4 is 0 Å². The second-order valence-electron chi connectivity index (χ2n) is 4.22. The first-order chi connectivity index (χ1) is 9.29. The van der Waals surface area contributed by atoms with Crippen molar-refractivity contribution in [2.24, 2.45) is 0 Å². The van der Waals surface area contributed by atoms with Crippen LogP contribution in [0.1, 0.15) is 5.89 Å². The van der Waals surface area contributed by atoms with E-state index in [0.717, 1.165) is 44.9 Å². The van der Waals surface area contributed by atoms with E-state index < -0.39 is 0 Å². The van der Waals surface area contributed by atoms with Crippen molar-refractivity contribution >= 4 is 38.6 Å². The molecule has 0 radical (unpaired) electrons. The number of hydrogen-bond acceptors (Lipinski definition) is 3. The largest absolute Gasteiger partial charge is 0.439 e. The molecule has 0 unspecified atom stereocenters. The molecule has 5 heteroatoms. The average molecular weight is 337 g/mol. The van der Waals surface area contributed by atoms with Gasteiger partial charge in [0, 0.05) is 34.8 Å². The van der Waals surface area contributed by atoms with Gasteiger partial charge < -0.3 is 9.40 Å². The predicted molar refractivity (Wildman–Crippen MR) is 83.6 cm³/mol. The number of aromatic nitrogens is 2. The molecule has 0 fully saturated rings. The SMILES string of the molecule is CSCCc1nc(Br)c(-c2c[nH]c3ccccc23)o1. The molecule has 0 spiro atoms. The molecule has 0 atom stereocenters. The first-order valence-electron chi connectivity index (χ1n) is 6.00. The van der Waals surface area contributed by atoms with Crippen LogP contribution in [0.4, 0.5) is 0 Å². The summed E-state index contributed by atoms with van der Waals surface area (Å²) in [5.41, 5.74) is 2.15. The van der Waals surface area contributed by atoms with Crippen LogP contribution in [0.15, 0.2) is 39.5 Å². The Morgan fingerprint density at radius 1 is 1.37 bits per heavy atom. The summed E-state index contributed by atoms with van der Waals surface area (Å²) in [4.78, 5) is 7.69. The van der Waals surface area contributed by atoms with Crippen molar-refractivity contribution in [2.75, 3.05) is 12.0 Å². The van der Waals surface area contributed by atoms with Crippen molar-refractivity contribution in [3.8, 4) is 11.3 Å². The molecule has 3 nitrogen and oxygen atoms in total. The Morgan fingerprint density at radius 3 is 3.05 bits per heavy atom. The first-order valence-corrected chi connectivity index (χ1v) is 8.19. The van der Waals surface area contributed by atoms with Gasteiger partial charge in [-0.05, 0) is 28.3 Å². The molecule has 0 bridgehead atoms. The van der Waals surface area contributed by atoms with Crippen molar-refractivity contribution in [3.05, 3.63) is 41.0 Å². The van der Waals surface area contributed by atoms with E-state index >= 15 is 0 Å². The molecule has 1 aromatic carbocycles. The first kappa shape index (κ1) is 12.8. The highest BCUT2D eigenvalue weighted by Crippen LogP contribution is 2.34. The Bertz CT molecular complexity index is 704. The molecule has 1 N–H and O–H groups in total. The second kappa shape index (κ2) is 5.43. The van der Waals surface area contributed by atoms with Crippen molar-refractivity contribution < 1.29 is 4.42 Å². The number of thioether (sulfide) groups is 1. The smallest absolute Gasteiger partial charge is 0.196 e. The van der Waals surface area contributed by atoms with E-state index in [1.165, 1.54) is 0 Å². The van der Waals surface area contributed by atoms with Gasteiger partial charge in [-0.15, -0.1) is 0 Å². The van der Waals surface area contributed by atoms with Crippen molar-refractivity contribution in [3.63, 3.8) is 0 Å². The highest BCUT2D eigenvalue weighted by molar-refractivity contribution is 9.10. The zero-order valence-corrected chi connectivity index (χ0v) is 12.8. The molecule has 98 valence electrons. The molecule has 0 saturated heterocycles. The lowest BCUT2D eigenvalue weighted by Gasteiger charge is -1.95. The number of oxazole rings is 1. The quantitative estimate of drug-likeness (QED) is 0.763. The Balaban J connectivity index is 2.04. The van der Waals surface area contributed by atoms with Gasteiger partial charge in [-0.3, -0.25) is 0 Å². The van der Waals surface area contributed by atoms with E-state index in [9.17, 15) is 0 Å². The van der Waals surface area contributed by atoms with E-state index in [1.54, 1.807) is 11.8 Å². The van der Waals surface area contributed by atoms with Crippen molar-refractivity contribution in [1.82, 2.24) is 9.97 Å². The number of rotatable bonds is 4. The number of benzene rings is 1. The lowest BCUT2D eigenvalue weighted by Crippen LogP contribution is -1.86. The zero-order chi connectivity index (χ0) is 13.2. The van der Waals surface area contributed by atoms with Gasteiger partial charge in [0.15, 0.2) is 16.3 Å². The number of aromatic amines is 1. The maximum Gasteiger partial charge on any atom is 0.196 e. The molecule has 0 aliphatic rings. The standard InChI is InChI=1S/C14H13BrN2OS/c1-19-7-6-12-17-14(15)13(18-12)10-8-16-11-5-3-2-4-9(10)11/h2-5,8,16H,6-7H2,1H3. The van der Waals surface area contributed by atoms with Gasteiger partial charge >= 0.3 is 0 Å².